The highest BCUT2D eigenvalue weighted by Gasteiger charge is 2.14. The molecule has 0 saturated carbocycles. The van der Waals surface area contributed by atoms with Gasteiger partial charge in [0.15, 0.2) is 0 Å². The summed E-state index contributed by atoms with van der Waals surface area (Å²) in [6.07, 6.45) is 5.17. The number of benzene rings is 1. The fourth-order valence-corrected chi connectivity index (χ4v) is 2.87. The van der Waals surface area contributed by atoms with Crippen LogP contribution in [0.1, 0.15) is 24.8 Å². The minimum absolute atomic E-state index is 0.0544. The molecule has 0 N–H and O–H groups in total. The topological polar surface area (TPSA) is 43.4 Å². The Morgan fingerprint density at radius 3 is 2.59 bits per heavy atom. The lowest BCUT2D eigenvalue weighted by Crippen LogP contribution is -2.10. The summed E-state index contributed by atoms with van der Waals surface area (Å²) in [5.41, 5.74) is 1.86. The van der Waals surface area contributed by atoms with Crippen molar-refractivity contribution in [1.82, 2.24) is 0 Å². The Morgan fingerprint density at radius 2 is 1.94 bits per heavy atom. The highest BCUT2D eigenvalue weighted by atomic mass is 32.2. The zero-order valence-electron chi connectivity index (χ0n) is 9.63. The first kappa shape index (κ1) is 12.3. The van der Waals surface area contributed by atoms with E-state index in [-0.39, 0.29) is 12.4 Å². The molecular formula is C13H16O3S. The summed E-state index contributed by atoms with van der Waals surface area (Å²) in [4.78, 5) is 0. The Labute approximate surface area is 102 Å². The third kappa shape index (κ3) is 3.98. The normalized spacial score (nSPS) is 15.9. The first-order valence-corrected chi connectivity index (χ1v) is 7.32. The van der Waals surface area contributed by atoms with Crippen LogP contribution in [-0.4, -0.2) is 15.0 Å². The van der Waals surface area contributed by atoms with Gasteiger partial charge in [-0.3, -0.25) is 4.18 Å². The number of hydrogen-bond donors (Lipinski definition) is 0. The number of hydrogen-bond acceptors (Lipinski definition) is 3. The van der Waals surface area contributed by atoms with Gasteiger partial charge in [0.05, 0.1) is 6.61 Å². The van der Waals surface area contributed by atoms with Crippen LogP contribution in [0.15, 0.2) is 42.0 Å². The second-order valence-electron chi connectivity index (χ2n) is 4.20. The molecule has 1 aliphatic rings. The van der Waals surface area contributed by atoms with Crippen molar-refractivity contribution in [2.45, 2.75) is 25.0 Å². The fourth-order valence-electron chi connectivity index (χ4n) is 1.85. The molecule has 0 amide bonds. The summed E-state index contributed by atoms with van der Waals surface area (Å²) in [7, 11) is -3.46. The van der Waals surface area contributed by atoms with Gasteiger partial charge in [-0.15, -0.1) is 0 Å². The van der Waals surface area contributed by atoms with Crippen LogP contribution in [0.3, 0.4) is 0 Å². The van der Waals surface area contributed by atoms with Crippen LogP contribution in [0.5, 0.6) is 0 Å². The predicted octanol–water partition coefficient (Wildman–Crippen LogP) is 2.64. The van der Waals surface area contributed by atoms with E-state index >= 15 is 0 Å². The summed E-state index contributed by atoms with van der Waals surface area (Å²) in [6, 6.07) is 9.08. The molecule has 0 atom stereocenters. The Bertz CT molecular complexity index is 489. The fraction of sp³-hybridized carbons (Fsp3) is 0.385. The highest BCUT2D eigenvalue weighted by Crippen LogP contribution is 2.18. The average Bonchev–Trinajstić information content (AvgIpc) is 2.80. The van der Waals surface area contributed by atoms with Gasteiger partial charge in [0.2, 0.25) is 0 Å². The minimum atomic E-state index is -3.46. The van der Waals surface area contributed by atoms with Gasteiger partial charge in [0, 0.05) is 0 Å². The van der Waals surface area contributed by atoms with E-state index in [2.05, 4.69) is 6.08 Å². The maximum Gasteiger partial charge on any atom is 0.271 e. The Hall–Kier alpha value is -1.13. The van der Waals surface area contributed by atoms with E-state index in [0.29, 0.717) is 0 Å². The van der Waals surface area contributed by atoms with Gasteiger partial charge < -0.3 is 0 Å². The van der Waals surface area contributed by atoms with E-state index in [0.717, 1.165) is 30.4 Å². The van der Waals surface area contributed by atoms with Crippen molar-refractivity contribution in [3.8, 4) is 0 Å². The van der Waals surface area contributed by atoms with Crippen molar-refractivity contribution >= 4 is 10.1 Å². The van der Waals surface area contributed by atoms with E-state index in [1.54, 1.807) is 12.1 Å². The highest BCUT2D eigenvalue weighted by molar-refractivity contribution is 7.85. The summed E-state index contributed by atoms with van der Waals surface area (Å²) < 4.78 is 28.4. The Morgan fingerprint density at radius 1 is 1.18 bits per heavy atom. The van der Waals surface area contributed by atoms with Crippen molar-refractivity contribution in [3.63, 3.8) is 0 Å². The molecule has 0 radical (unpaired) electrons. The van der Waals surface area contributed by atoms with Gasteiger partial charge in [-0.25, -0.2) is 0 Å². The van der Waals surface area contributed by atoms with Crippen molar-refractivity contribution < 1.29 is 12.6 Å². The second kappa shape index (κ2) is 5.47. The molecule has 2 rings (SSSR count). The molecule has 1 aromatic carbocycles. The molecule has 0 fully saturated rings. The maximum atomic E-state index is 11.7. The van der Waals surface area contributed by atoms with E-state index in [9.17, 15) is 8.42 Å². The van der Waals surface area contributed by atoms with Gasteiger partial charge in [0.1, 0.15) is 5.75 Å². The molecular weight excluding hydrogens is 236 g/mol. The lowest BCUT2D eigenvalue weighted by atomic mass is 10.2. The van der Waals surface area contributed by atoms with Gasteiger partial charge >= 0.3 is 0 Å². The maximum absolute atomic E-state index is 11.7. The molecule has 0 spiro atoms. The molecule has 3 nitrogen and oxygen atoms in total. The largest absolute Gasteiger partial charge is 0.271 e. The van der Waals surface area contributed by atoms with E-state index in [4.69, 9.17) is 4.18 Å². The van der Waals surface area contributed by atoms with E-state index < -0.39 is 10.1 Å². The van der Waals surface area contributed by atoms with Gasteiger partial charge in [-0.1, -0.05) is 36.4 Å². The van der Waals surface area contributed by atoms with Crippen LogP contribution in [0.25, 0.3) is 0 Å². The first-order valence-electron chi connectivity index (χ1n) is 5.75. The number of allylic oxidation sites excluding steroid dienone is 1. The van der Waals surface area contributed by atoms with Gasteiger partial charge in [-0.05, 0) is 30.4 Å². The van der Waals surface area contributed by atoms with E-state index in [1.807, 2.05) is 18.2 Å². The van der Waals surface area contributed by atoms with Crippen LogP contribution in [0.2, 0.25) is 0 Å². The van der Waals surface area contributed by atoms with Crippen LogP contribution in [0.4, 0.5) is 0 Å². The van der Waals surface area contributed by atoms with Crippen LogP contribution >= 0.6 is 0 Å². The van der Waals surface area contributed by atoms with E-state index in [1.165, 1.54) is 0 Å². The Kier molecular flexibility index (Phi) is 3.97. The molecule has 0 unspecified atom stereocenters. The molecule has 0 aliphatic heterocycles. The summed E-state index contributed by atoms with van der Waals surface area (Å²) in [5.74, 6) is -0.0544. The second-order valence-corrected chi connectivity index (χ2v) is 5.84. The third-order valence-corrected chi connectivity index (χ3v) is 3.91. The smallest absolute Gasteiger partial charge is 0.265 e. The summed E-state index contributed by atoms with van der Waals surface area (Å²) in [5, 5.41) is 0. The van der Waals surface area contributed by atoms with Crippen LogP contribution in [0, 0.1) is 0 Å². The van der Waals surface area contributed by atoms with Crippen molar-refractivity contribution in [2.75, 3.05) is 6.61 Å². The molecule has 0 heterocycles. The lowest BCUT2D eigenvalue weighted by molar-refractivity contribution is 0.345. The monoisotopic (exact) mass is 252 g/mol. The number of rotatable bonds is 5. The van der Waals surface area contributed by atoms with Crippen LogP contribution < -0.4 is 0 Å². The van der Waals surface area contributed by atoms with Crippen molar-refractivity contribution in [3.05, 3.63) is 47.5 Å². The zero-order valence-corrected chi connectivity index (χ0v) is 10.4. The molecule has 0 bridgehead atoms. The first-order chi connectivity index (χ1) is 8.16. The molecule has 17 heavy (non-hydrogen) atoms. The molecule has 4 heteroatoms. The molecule has 1 aliphatic carbocycles. The molecule has 1 aromatic rings. The third-order valence-electron chi connectivity index (χ3n) is 2.75. The Balaban J connectivity index is 1.90. The van der Waals surface area contributed by atoms with Gasteiger partial charge in [-0.2, -0.15) is 8.42 Å². The van der Waals surface area contributed by atoms with Crippen molar-refractivity contribution in [1.29, 1.82) is 0 Å². The standard InChI is InChI=1S/C13H16O3S/c14-17(15,11-13-8-2-1-3-9-13)16-10-12-6-4-5-7-12/h1-3,6,8-9H,4-5,7,10-11H2. The average molecular weight is 252 g/mol. The van der Waals surface area contributed by atoms with Crippen molar-refractivity contribution in [2.24, 2.45) is 0 Å². The summed E-state index contributed by atoms with van der Waals surface area (Å²) in [6.45, 7) is 0.217. The van der Waals surface area contributed by atoms with Crippen LogP contribution in [-0.2, 0) is 20.1 Å². The lowest BCUT2D eigenvalue weighted by Gasteiger charge is -2.06. The summed E-state index contributed by atoms with van der Waals surface area (Å²) >= 11 is 0. The molecule has 0 aromatic heterocycles. The minimum Gasteiger partial charge on any atom is -0.265 e. The van der Waals surface area contributed by atoms with Gasteiger partial charge in [0.25, 0.3) is 10.1 Å². The zero-order chi connectivity index (χ0) is 12.1. The predicted molar refractivity (Wildman–Crippen MR) is 67.0 cm³/mol. The SMILES string of the molecule is O=S(=O)(Cc1ccccc1)OCC1=CCCC1. The quantitative estimate of drug-likeness (QED) is 0.597. The molecule has 92 valence electrons. The molecule has 0 saturated heterocycles.